The lowest BCUT2D eigenvalue weighted by Crippen LogP contribution is -2.07. The van der Waals surface area contributed by atoms with Gasteiger partial charge in [-0.25, -0.2) is 9.78 Å². The number of thiazole rings is 1. The Bertz CT molecular complexity index is 1140. The Morgan fingerprint density at radius 3 is 2.79 bits per heavy atom. The molecule has 28 heavy (non-hydrogen) atoms. The number of rotatable bonds is 5. The first kappa shape index (κ1) is 19.8. The monoisotopic (exact) mass is 398 g/mol. The van der Waals surface area contributed by atoms with Crippen LogP contribution >= 0.6 is 11.3 Å². The summed E-state index contributed by atoms with van der Waals surface area (Å²) < 4.78 is 10.6. The molecule has 6 nitrogen and oxygen atoms in total. The fourth-order valence-corrected chi connectivity index (χ4v) is 3.73. The molecule has 0 spiro atoms. The number of aryl methyl sites for hydroxylation is 2. The molecular formula is C21H22N2O4S. The molecule has 2 heterocycles. The zero-order chi connectivity index (χ0) is 20.4. The molecule has 0 bridgehead atoms. The van der Waals surface area contributed by atoms with Crippen molar-refractivity contribution in [3.05, 3.63) is 56.4 Å². The van der Waals surface area contributed by atoms with Crippen LogP contribution in [0, 0.1) is 20.8 Å². The van der Waals surface area contributed by atoms with E-state index in [1.165, 1.54) is 17.4 Å². The van der Waals surface area contributed by atoms with Gasteiger partial charge in [-0.15, -0.1) is 11.3 Å². The number of ether oxygens (including phenoxy) is 1. The predicted octanol–water partition coefficient (Wildman–Crippen LogP) is 4.72. The molecule has 0 fully saturated rings. The molecule has 7 heteroatoms. The normalized spacial score (nSPS) is 11.7. The van der Waals surface area contributed by atoms with Crippen LogP contribution in [0.25, 0.3) is 22.2 Å². The van der Waals surface area contributed by atoms with Gasteiger partial charge in [-0.3, -0.25) is 4.79 Å². The van der Waals surface area contributed by atoms with E-state index in [4.69, 9.17) is 9.15 Å². The highest BCUT2D eigenvalue weighted by Gasteiger charge is 2.14. The van der Waals surface area contributed by atoms with Crippen molar-refractivity contribution in [1.82, 2.24) is 4.98 Å². The minimum absolute atomic E-state index is 0.0277. The fourth-order valence-electron chi connectivity index (χ4n) is 2.83. The number of nitrogens with one attached hydrogen (secondary N) is 1. The van der Waals surface area contributed by atoms with Gasteiger partial charge >= 0.3 is 5.97 Å². The van der Waals surface area contributed by atoms with Crippen molar-refractivity contribution in [2.75, 3.05) is 11.9 Å². The highest BCUT2D eigenvalue weighted by Crippen LogP contribution is 2.32. The van der Waals surface area contributed by atoms with Crippen LogP contribution in [0.5, 0.6) is 0 Å². The fraction of sp³-hybridized carbons (Fsp3) is 0.286. The number of aromatic nitrogens is 1. The third kappa shape index (κ3) is 3.99. The van der Waals surface area contributed by atoms with Gasteiger partial charge in [0.2, 0.25) is 0 Å². The van der Waals surface area contributed by atoms with Gasteiger partial charge in [0.1, 0.15) is 11.3 Å². The summed E-state index contributed by atoms with van der Waals surface area (Å²) >= 11 is 1.48. The van der Waals surface area contributed by atoms with E-state index in [2.05, 4.69) is 10.3 Å². The van der Waals surface area contributed by atoms with Crippen LogP contribution in [0.15, 0.2) is 39.2 Å². The minimum atomic E-state index is -0.395. The molecule has 0 amide bonds. The van der Waals surface area contributed by atoms with Gasteiger partial charge < -0.3 is 14.5 Å². The Morgan fingerprint density at radius 1 is 1.32 bits per heavy atom. The second-order valence-electron chi connectivity index (χ2n) is 6.45. The zero-order valence-electron chi connectivity index (χ0n) is 16.5. The maximum Gasteiger partial charge on any atom is 0.332 e. The first-order valence-electron chi connectivity index (χ1n) is 8.94. The standard InChI is InChI=1S/C21H22N2O4S/c1-6-26-18(24)9-11(2)22-21-23-19(14(5)28-21)15-7-8-17-16(10-15)20(25)12(3)13(4)27-17/h7-10H,6H2,1-5H3,(H,22,23)/b11-9+. The Balaban J connectivity index is 1.95. The van der Waals surface area contributed by atoms with Crippen LogP contribution in [0.3, 0.4) is 0 Å². The third-order valence-electron chi connectivity index (χ3n) is 4.35. The summed E-state index contributed by atoms with van der Waals surface area (Å²) in [5.41, 5.74) is 3.43. The number of anilines is 1. The molecule has 0 unspecified atom stereocenters. The zero-order valence-corrected chi connectivity index (χ0v) is 17.3. The van der Waals surface area contributed by atoms with E-state index < -0.39 is 5.97 Å². The summed E-state index contributed by atoms with van der Waals surface area (Å²) in [6.45, 7) is 9.39. The first-order valence-corrected chi connectivity index (χ1v) is 9.75. The average molecular weight is 398 g/mol. The summed E-state index contributed by atoms with van der Waals surface area (Å²) in [5.74, 6) is 0.235. The molecule has 1 N–H and O–H groups in total. The second kappa shape index (κ2) is 7.98. The number of benzene rings is 1. The van der Waals surface area contributed by atoms with Gasteiger partial charge in [-0.05, 0) is 52.8 Å². The molecule has 0 atom stereocenters. The van der Waals surface area contributed by atoms with E-state index in [0.29, 0.717) is 39.7 Å². The van der Waals surface area contributed by atoms with Crippen LogP contribution in [0.1, 0.15) is 30.0 Å². The Morgan fingerprint density at radius 2 is 2.07 bits per heavy atom. The predicted molar refractivity (Wildman–Crippen MR) is 112 cm³/mol. The summed E-state index contributed by atoms with van der Waals surface area (Å²) in [4.78, 5) is 29.8. The van der Waals surface area contributed by atoms with Crippen LogP contribution in [-0.4, -0.2) is 17.6 Å². The van der Waals surface area contributed by atoms with Gasteiger partial charge in [0.05, 0.1) is 17.7 Å². The van der Waals surface area contributed by atoms with E-state index in [1.54, 1.807) is 33.8 Å². The highest BCUT2D eigenvalue weighted by molar-refractivity contribution is 7.16. The maximum atomic E-state index is 12.6. The average Bonchev–Trinajstić information content (AvgIpc) is 2.99. The molecule has 0 radical (unpaired) electrons. The highest BCUT2D eigenvalue weighted by atomic mass is 32.1. The number of carbonyl (C=O) groups is 1. The van der Waals surface area contributed by atoms with Gasteiger partial charge in [0, 0.05) is 27.8 Å². The molecule has 0 aliphatic carbocycles. The van der Waals surface area contributed by atoms with Gasteiger partial charge in [0.15, 0.2) is 10.6 Å². The number of esters is 1. The van der Waals surface area contributed by atoms with E-state index in [1.807, 2.05) is 19.1 Å². The number of nitrogens with zero attached hydrogens (tertiary/aromatic N) is 1. The van der Waals surface area contributed by atoms with Crippen molar-refractivity contribution < 1.29 is 13.9 Å². The van der Waals surface area contributed by atoms with Crippen molar-refractivity contribution in [1.29, 1.82) is 0 Å². The maximum absolute atomic E-state index is 12.6. The van der Waals surface area contributed by atoms with E-state index in [-0.39, 0.29) is 5.43 Å². The molecule has 0 saturated carbocycles. The molecule has 2 aromatic heterocycles. The molecule has 0 aliphatic rings. The van der Waals surface area contributed by atoms with Gasteiger partial charge in [-0.2, -0.15) is 0 Å². The lowest BCUT2D eigenvalue weighted by molar-refractivity contribution is -0.137. The number of hydrogen-bond acceptors (Lipinski definition) is 7. The third-order valence-corrected chi connectivity index (χ3v) is 5.24. The minimum Gasteiger partial charge on any atom is -0.463 e. The molecule has 0 saturated heterocycles. The van der Waals surface area contributed by atoms with Crippen molar-refractivity contribution in [2.45, 2.75) is 34.6 Å². The largest absolute Gasteiger partial charge is 0.463 e. The molecular weight excluding hydrogens is 376 g/mol. The second-order valence-corrected chi connectivity index (χ2v) is 7.65. The van der Waals surface area contributed by atoms with Crippen LogP contribution in [0.4, 0.5) is 5.13 Å². The number of hydrogen-bond donors (Lipinski definition) is 1. The van der Waals surface area contributed by atoms with Crippen LogP contribution in [0.2, 0.25) is 0 Å². The Kier molecular flexibility index (Phi) is 5.65. The van der Waals surface area contributed by atoms with Crippen LogP contribution in [-0.2, 0) is 9.53 Å². The Labute approximate surface area is 166 Å². The van der Waals surface area contributed by atoms with Crippen molar-refractivity contribution in [3.8, 4) is 11.3 Å². The van der Waals surface area contributed by atoms with E-state index in [9.17, 15) is 9.59 Å². The smallest absolute Gasteiger partial charge is 0.332 e. The number of carbonyl (C=O) groups excluding carboxylic acids is 1. The Hall–Kier alpha value is -2.93. The van der Waals surface area contributed by atoms with Crippen molar-refractivity contribution >= 4 is 33.4 Å². The molecule has 1 aromatic carbocycles. The quantitative estimate of drug-likeness (QED) is 0.495. The lowest BCUT2D eigenvalue weighted by Gasteiger charge is -2.05. The molecule has 3 rings (SSSR count). The summed E-state index contributed by atoms with van der Waals surface area (Å²) in [6.07, 6.45) is 1.40. The summed E-state index contributed by atoms with van der Waals surface area (Å²) in [5, 5.41) is 4.32. The van der Waals surface area contributed by atoms with Crippen molar-refractivity contribution in [2.24, 2.45) is 0 Å². The lowest BCUT2D eigenvalue weighted by atomic mass is 10.1. The number of fused-ring (bicyclic) bond motifs is 1. The topological polar surface area (TPSA) is 81.4 Å². The first-order chi connectivity index (χ1) is 13.3. The SMILES string of the molecule is CCOC(=O)/C=C(\C)Nc1nc(-c2ccc3oc(C)c(C)c(=O)c3c2)c(C)s1. The summed E-state index contributed by atoms with van der Waals surface area (Å²) in [6, 6.07) is 5.52. The van der Waals surface area contributed by atoms with E-state index >= 15 is 0 Å². The van der Waals surface area contributed by atoms with Gasteiger partial charge in [0.25, 0.3) is 0 Å². The molecule has 146 valence electrons. The van der Waals surface area contributed by atoms with Gasteiger partial charge in [-0.1, -0.05) is 0 Å². The van der Waals surface area contributed by atoms with E-state index in [0.717, 1.165) is 16.1 Å². The van der Waals surface area contributed by atoms with Crippen molar-refractivity contribution in [3.63, 3.8) is 0 Å². The number of allylic oxidation sites excluding steroid dienone is 1. The molecule has 3 aromatic rings. The van der Waals surface area contributed by atoms with Crippen LogP contribution < -0.4 is 10.7 Å². The summed E-state index contributed by atoms with van der Waals surface area (Å²) in [7, 11) is 0. The molecule has 0 aliphatic heterocycles.